The number of morpholine rings is 1. The van der Waals surface area contributed by atoms with Crippen LogP contribution >= 0.6 is 0 Å². The van der Waals surface area contributed by atoms with Crippen LogP contribution in [0.1, 0.15) is 24.2 Å². The van der Waals surface area contributed by atoms with Gasteiger partial charge in [0.05, 0.1) is 25.3 Å². The Morgan fingerprint density at radius 2 is 1.86 bits per heavy atom. The van der Waals surface area contributed by atoms with Gasteiger partial charge in [-0.15, -0.1) is 0 Å². The lowest BCUT2D eigenvalue weighted by Crippen LogP contribution is -2.35. The number of rotatable bonds is 6. The Labute approximate surface area is 164 Å². The summed E-state index contributed by atoms with van der Waals surface area (Å²) in [7, 11) is 0. The van der Waals surface area contributed by atoms with Crippen molar-refractivity contribution in [3.8, 4) is 11.3 Å². The van der Waals surface area contributed by atoms with Gasteiger partial charge in [-0.1, -0.05) is 30.3 Å². The third kappa shape index (κ3) is 3.70. The molecule has 1 saturated carbocycles. The molecule has 0 unspecified atom stereocenters. The maximum absolute atomic E-state index is 12.1. The smallest absolute Gasteiger partial charge is 0.159 e. The van der Waals surface area contributed by atoms with Gasteiger partial charge in [-0.2, -0.15) is 5.10 Å². The zero-order chi connectivity index (χ0) is 18.9. The molecule has 0 spiro atoms. The largest absolute Gasteiger partial charge is 0.379 e. The monoisotopic (exact) mass is 376 g/mol. The zero-order valence-electron chi connectivity index (χ0n) is 15.9. The number of ether oxygens (including phenoxy) is 1. The molecule has 0 N–H and O–H groups in total. The number of hydrogen-bond donors (Lipinski definition) is 0. The average Bonchev–Trinajstić information content (AvgIpc) is 3.49. The second-order valence-corrected chi connectivity index (χ2v) is 7.71. The second kappa shape index (κ2) is 7.45. The first-order chi connectivity index (χ1) is 13.8. The standard InChI is InChI=1S/C22H24N4O2/c27-20(18-8-9-18)14-21-23-22-3-1-2-19(26(22)24-21)17-6-4-16(5-7-17)15-25-10-12-28-13-11-25/h1-7,18H,8-15H2. The summed E-state index contributed by atoms with van der Waals surface area (Å²) in [6, 6.07) is 14.6. The zero-order valence-corrected chi connectivity index (χ0v) is 15.9. The molecule has 144 valence electrons. The molecule has 2 fully saturated rings. The molecule has 5 rings (SSSR count). The molecule has 1 aliphatic carbocycles. The van der Waals surface area contributed by atoms with Crippen LogP contribution in [0.5, 0.6) is 0 Å². The Morgan fingerprint density at radius 3 is 2.61 bits per heavy atom. The molecule has 6 nitrogen and oxygen atoms in total. The minimum Gasteiger partial charge on any atom is -0.379 e. The van der Waals surface area contributed by atoms with Crippen LogP contribution in [-0.4, -0.2) is 51.6 Å². The first-order valence-electron chi connectivity index (χ1n) is 10.0. The molecule has 6 heteroatoms. The fourth-order valence-electron chi connectivity index (χ4n) is 3.75. The first-order valence-corrected chi connectivity index (χ1v) is 10.0. The number of Topliss-reactive ketones (excluding diaryl/α,β-unsaturated/α-hetero) is 1. The molecule has 0 atom stereocenters. The summed E-state index contributed by atoms with van der Waals surface area (Å²) in [5, 5.41) is 4.62. The van der Waals surface area contributed by atoms with E-state index >= 15 is 0 Å². The van der Waals surface area contributed by atoms with Gasteiger partial charge in [-0.3, -0.25) is 9.69 Å². The van der Waals surface area contributed by atoms with Gasteiger partial charge in [-0.05, 0) is 30.5 Å². The molecule has 0 amide bonds. The summed E-state index contributed by atoms with van der Waals surface area (Å²) < 4.78 is 7.27. The van der Waals surface area contributed by atoms with Crippen molar-refractivity contribution in [2.45, 2.75) is 25.8 Å². The van der Waals surface area contributed by atoms with Crippen LogP contribution in [0.15, 0.2) is 42.5 Å². The number of carbonyl (C=O) groups is 1. The van der Waals surface area contributed by atoms with Gasteiger partial charge >= 0.3 is 0 Å². The Bertz CT molecular complexity index is 985. The van der Waals surface area contributed by atoms with E-state index < -0.39 is 0 Å². The summed E-state index contributed by atoms with van der Waals surface area (Å²) in [4.78, 5) is 19.1. The second-order valence-electron chi connectivity index (χ2n) is 7.71. The molecule has 3 heterocycles. The molecule has 0 bridgehead atoms. The van der Waals surface area contributed by atoms with E-state index in [2.05, 4.69) is 39.2 Å². The Morgan fingerprint density at radius 1 is 1.07 bits per heavy atom. The summed E-state index contributed by atoms with van der Waals surface area (Å²) >= 11 is 0. The quantitative estimate of drug-likeness (QED) is 0.662. The van der Waals surface area contributed by atoms with E-state index in [4.69, 9.17) is 4.74 Å². The van der Waals surface area contributed by atoms with Gasteiger partial charge < -0.3 is 4.74 Å². The number of fused-ring (bicyclic) bond motifs is 1. The SMILES string of the molecule is O=C(Cc1nc2cccc(-c3ccc(CN4CCOCC4)cc3)n2n1)C1CC1. The van der Waals surface area contributed by atoms with Gasteiger partial charge in [-0.25, -0.2) is 9.50 Å². The van der Waals surface area contributed by atoms with Crippen molar-refractivity contribution in [3.63, 3.8) is 0 Å². The highest BCUT2D eigenvalue weighted by atomic mass is 16.5. The van der Waals surface area contributed by atoms with Crippen LogP contribution in [0.25, 0.3) is 16.9 Å². The maximum atomic E-state index is 12.1. The van der Waals surface area contributed by atoms with Gasteiger partial charge in [0.25, 0.3) is 0 Å². The topological polar surface area (TPSA) is 59.7 Å². The van der Waals surface area contributed by atoms with Crippen LogP contribution in [0, 0.1) is 5.92 Å². The van der Waals surface area contributed by atoms with E-state index in [9.17, 15) is 4.79 Å². The fraction of sp³-hybridized carbons (Fsp3) is 0.409. The van der Waals surface area contributed by atoms with E-state index in [-0.39, 0.29) is 11.7 Å². The van der Waals surface area contributed by atoms with Crippen molar-refractivity contribution in [2.75, 3.05) is 26.3 Å². The van der Waals surface area contributed by atoms with Gasteiger partial charge in [0, 0.05) is 31.1 Å². The third-order valence-corrected chi connectivity index (χ3v) is 5.53. The maximum Gasteiger partial charge on any atom is 0.159 e. The van der Waals surface area contributed by atoms with Crippen molar-refractivity contribution >= 4 is 11.4 Å². The molecular weight excluding hydrogens is 352 g/mol. The molecule has 1 aromatic carbocycles. The number of benzene rings is 1. The number of aromatic nitrogens is 3. The highest BCUT2D eigenvalue weighted by Crippen LogP contribution is 2.30. The van der Waals surface area contributed by atoms with Crippen LogP contribution in [0.4, 0.5) is 0 Å². The Balaban J connectivity index is 1.37. The highest BCUT2D eigenvalue weighted by Gasteiger charge is 2.30. The van der Waals surface area contributed by atoms with Gasteiger partial charge in [0.15, 0.2) is 11.5 Å². The van der Waals surface area contributed by atoms with Crippen molar-refractivity contribution < 1.29 is 9.53 Å². The fourth-order valence-corrected chi connectivity index (χ4v) is 3.75. The van der Waals surface area contributed by atoms with E-state index in [1.165, 1.54) is 5.56 Å². The Hall–Kier alpha value is -2.57. The average molecular weight is 376 g/mol. The van der Waals surface area contributed by atoms with E-state index in [1.54, 1.807) is 0 Å². The molecular formula is C22H24N4O2. The van der Waals surface area contributed by atoms with Crippen molar-refractivity contribution in [3.05, 3.63) is 53.9 Å². The predicted molar refractivity (Wildman–Crippen MR) is 106 cm³/mol. The highest BCUT2D eigenvalue weighted by molar-refractivity contribution is 5.84. The summed E-state index contributed by atoms with van der Waals surface area (Å²) in [6.45, 7) is 4.56. The molecule has 0 radical (unpaired) electrons. The number of ketones is 1. The molecule has 2 aliphatic rings. The van der Waals surface area contributed by atoms with Crippen molar-refractivity contribution in [1.82, 2.24) is 19.5 Å². The van der Waals surface area contributed by atoms with Crippen molar-refractivity contribution in [2.24, 2.45) is 5.92 Å². The number of hydrogen-bond acceptors (Lipinski definition) is 5. The number of nitrogens with zero attached hydrogens (tertiary/aromatic N) is 4. The van der Waals surface area contributed by atoms with E-state index in [0.29, 0.717) is 12.2 Å². The molecule has 28 heavy (non-hydrogen) atoms. The van der Waals surface area contributed by atoms with E-state index in [1.807, 2.05) is 22.7 Å². The molecule has 2 aromatic heterocycles. The summed E-state index contributed by atoms with van der Waals surface area (Å²) in [5.41, 5.74) is 4.18. The van der Waals surface area contributed by atoms with Gasteiger partial charge in [0.1, 0.15) is 5.78 Å². The normalized spacial score (nSPS) is 17.9. The first kappa shape index (κ1) is 17.5. The third-order valence-electron chi connectivity index (χ3n) is 5.53. The van der Waals surface area contributed by atoms with Crippen molar-refractivity contribution in [1.29, 1.82) is 0 Å². The summed E-state index contributed by atoms with van der Waals surface area (Å²) in [6.07, 6.45) is 2.38. The minimum atomic E-state index is 0.241. The molecule has 1 aliphatic heterocycles. The summed E-state index contributed by atoms with van der Waals surface area (Å²) in [5.74, 6) is 1.13. The van der Waals surface area contributed by atoms with Crippen LogP contribution < -0.4 is 0 Å². The number of carbonyl (C=O) groups excluding carboxylic acids is 1. The van der Waals surface area contributed by atoms with E-state index in [0.717, 1.165) is 62.6 Å². The lowest BCUT2D eigenvalue weighted by Gasteiger charge is -2.26. The van der Waals surface area contributed by atoms with Crippen LogP contribution in [-0.2, 0) is 22.5 Å². The minimum absolute atomic E-state index is 0.241. The Kier molecular flexibility index (Phi) is 4.66. The lowest BCUT2D eigenvalue weighted by molar-refractivity contribution is -0.119. The number of pyridine rings is 1. The van der Waals surface area contributed by atoms with Crippen LogP contribution in [0.2, 0.25) is 0 Å². The molecule has 3 aromatic rings. The van der Waals surface area contributed by atoms with Crippen LogP contribution in [0.3, 0.4) is 0 Å². The van der Waals surface area contributed by atoms with Gasteiger partial charge in [0.2, 0.25) is 0 Å². The predicted octanol–water partition coefficient (Wildman–Crippen LogP) is 2.75. The molecule has 1 saturated heterocycles. The lowest BCUT2D eigenvalue weighted by atomic mass is 10.1.